The topological polar surface area (TPSA) is 29.3 Å². The highest BCUT2D eigenvalue weighted by Gasteiger charge is 2.22. The van der Waals surface area contributed by atoms with Crippen LogP contribution >= 0.6 is 0 Å². The fourth-order valence-electron chi connectivity index (χ4n) is 3.24. The predicted molar refractivity (Wildman–Crippen MR) is 64.8 cm³/mol. The van der Waals surface area contributed by atoms with Gasteiger partial charge in [0.1, 0.15) is 0 Å². The molecule has 15 heavy (non-hydrogen) atoms. The maximum absolute atomic E-state index is 5.77. The normalized spacial score (nSPS) is 30.6. The van der Waals surface area contributed by atoms with Gasteiger partial charge in [-0.2, -0.15) is 0 Å². The SMILES string of the molecule is NCC1CCCN(CC2CCCCC2)C1. The number of likely N-dealkylation sites (tertiary alicyclic amines) is 1. The van der Waals surface area contributed by atoms with E-state index in [-0.39, 0.29) is 0 Å². The van der Waals surface area contributed by atoms with E-state index in [9.17, 15) is 0 Å². The minimum atomic E-state index is 0.780. The van der Waals surface area contributed by atoms with Crippen molar-refractivity contribution in [3.63, 3.8) is 0 Å². The first-order valence-corrected chi connectivity index (χ1v) is 6.81. The second kappa shape index (κ2) is 5.86. The molecule has 1 unspecified atom stereocenters. The molecule has 88 valence electrons. The Hall–Kier alpha value is -0.0800. The van der Waals surface area contributed by atoms with Gasteiger partial charge in [-0.15, -0.1) is 0 Å². The smallest absolute Gasteiger partial charge is 0.00218 e. The van der Waals surface area contributed by atoms with Crippen LogP contribution in [0.15, 0.2) is 0 Å². The molecule has 2 rings (SSSR count). The molecule has 0 aromatic heterocycles. The van der Waals surface area contributed by atoms with Gasteiger partial charge in [0.15, 0.2) is 0 Å². The van der Waals surface area contributed by atoms with E-state index in [1.165, 1.54) is 64.6 Å². The molecule has 2 N–H and O–H groups in total. The van der Waals surface area contributed by atoms with Crippen LogP contribution in [0.5, 0.6) is 0 Å². The summed E-state index contributed by atoms with van der Waals surface area (Å²) in [6.45, 7) is 4.84. The molecule has 0 aromatic carbocycles. The van der Waals surface area contributed by atoms with Crippen LogP contribution in [0.4, 0.5) is 0 Å². The van der Waals surface area contributed by atoms with E-state index >= 15 is 0 Å². The van der Waals surface area contributed by atoms with Gasteiger partial charge in [-0.25, -0.2) is 0 Å². The van der Waals surface area contributed by atoms with Crippen molar-refractivity contribution in [2.24, 2.45) is 17.6 Å². The number of piperidine rings is 1. The number of nitrogens with zero attached hydrogens (tertiary/aromatic N) is 1. The molecule has 1 heterocycles. The second-order valence-corrected chi connectivity index (χ2v) is 5.51. The van der Waals surface area contributed by atoms with Crippen LogP contribution < -0.4 is 5.73 Å². The van der Waals surface area contributed by atoms with Crippen molar-refractivity contribution in [2.75, 3.05) is 26.2 Å². The highest BCUT2D eigenvalue weighted by atomic mass is 15.1. The van der Waals surface area contributed by atoms with Gasteiger partial charge in [0.05, 0.1) is 0 Å². The highest BCUT2D eigenvalue weighted by molar-refractivity contribution is 4.77. The molecular formula is C13H26N2. The highest BCUT2D eigenvalue weighted by Crippen LogP contribution is 2.26. The van der Waals surface area contributed by atoms with Crippen LogP contribution in [-0.4, -0.2) is 31.1 Å². The summed E-state index contributed by atoms with van der Waals surface area (Å²) in [6.07, 6.45) is 10.1. The lowest BCUT2D eigenvalue weighted by Gasteiger charge is -2.35. The summed E-state index contributed by atoms with van der Waals surface area (Å²) >= 11 is 0. The van der Waals surface area contributed by atoms with Crippen molar-refractivity contribution in [3.05, 3.63) is 0 Å². The van der Waals surface area contributed by atoms with E-state index in [4.69, 9.17) is 5.73 Å². The molecule has 1 aliphatic carbocycles. The Kier molecular flexibility index (Phi) is 4.45. The zero-order valence-electron chi connectivity index (χ0n) is 9.96. The second-order valence-electron chi connectivity index (χ2n) is 5.51. The quantitative estimate of drug-likeness (QED) is 0.774. The van der Waals surface area contributed by atoms with Crippen LogP contribution in [-0.2, 0) is 0 Å². The van der Waals surface area contributed by atoms with E-state index in [0.717, 1.165) is 18.4 Å². The molecule has 0 radical (unpaired) electrons. The van der Waals surface area contributed by atoms with Gasteiger partial charge in [-0.1, -0.05) is 19.3 Å². The third-order valence-electron chi connectivity index (χ3n) is 4.18. The standard InChI is InChI=1S/C13H26N2/c14-9-13-7-4-8-15(11-13)10-12-5-2-1-3-6-12/h12-13H,1-11,14H2. The molecule has 2 aliphatic rings. The van der Waals surface area contributed by atoms with Crippen molar-refractivity contribution in [3.8, 4) is 0 Å². The summed E-state index contributed by atoms with van der Waals surface area (Å²) in [7, 11) is 0. The Morgan fingerprint density at radius 1 is 0.933 bits per heavy atom. The molecule has 0 bridgehead atoms. The zero-order valence-corrected chi connectivity index (χ0v) is 9.96. The lowest BCUT2D eigenvalue weighted by Crippen LogP contribution is -2.41. The molecule has 2 fully saturated rings. The van der Waals surface area contributed by atoms with Crippen molar-refractivity contribution in [1.29, 1.82) is 0 Å². The van der Waals surface area contributed by atoms with Crippen LogP contribution in [0.2, 0.25) is 0 Å². The van der Waals surface area contributed by atoms with Crippen molar-refractivity contribution in [1.82, 2.24) is 4.90 Å². The van der Waals surface area contributed by atoms with Crippen LogP contribution in [0, 0.1) is 11.8 Å². The number of hydrogen-bond donors (Lipinski definition) is 1. The Bertz CT molecular complexity index is 175. The summed E-state index contributed by atoms with van der Waals surface area (Å²) in [5.41, 5.74) is 5.77. The van der Waals surface area contributed by atoms with Gasteiger partial charge in [0, 0.05) is 13.1 Å². The van der Waals surface area contributed by atoms with E-state index in [2.05, 4.69) is 4.90 Å². The Morgan fingerprint density at radius 2 is 1.67 bits per heavy atom. The van der Waals surface area contributed by atoms with Crippen molar-refractivity contribution >= 4 is 0 Å². The van der Waals surface area contributed by atoms with Crippen molar-refractivity contribution < 1.29 is 0 Å². The molecule has 1 saturated heterocycles. The monoisotopic (exact) mass is 210 g/mol. The maximum atomic E-state index is 5.77. The average Bonchev–Trinajstić information content (AvgIpc) is 2.31. The number of nitrogens with two attached hydrogens (primary N) is 1. The molecule has 1 atom stereocenters. The molecule has 0 spiro atoms. The molecule has 1 aliphatic heterocycles. The third-order valence-corrected chi connectivity index (χ3v) is 4.18. The van der Waals surface area contributed by atoms with Crippen molar-refractivity contribution in [2.45, 2.75) is 44.9 Å². The summed E-state index contributed by atoms with van der Waals surface area (Å²) in [4.78, 5) is 2.68. The lowest BCUT2D eigenvalue weighted by molar-refractivity contribution is 0.140. The van der Waals surface area contributed by atoms with E-state index in [1.54, 1.807) is 0 Å². The van der Waals surface area contributed by atoms with Crippen LogP contribution in [0.1, 0.15) is 44.9 Å². The first-order chi connectivity index (χ1) is 7.38. The van der Waals surface area contributed by atoms with Crippen LogP contribution in [0.3, 0.4) is 0 Å². The van der Waals surface area contributed by atoms with Gasteiger partial charge in [0.2, 0.25) is 0 Å². The van der Waals surface area contributed by atoms with E-state index < -0.39 is 0 Å². The fraction of sp³-hybridized carbons (Fsp3) is 1.00. The van der Waals surface area contributed by atoms with Gasteiger partial charge in [-0.05, 0) is 50.6 Å². The molecule has 2 nitrogen and oxygen atoms in total. The Morgan fingerprint density at radius 3 is 2.40 bits per heavy atom. The summed E-state index contributed by atoms with van der Waals surface area (Å²) < 4.78 is 0. The fourth-order valence-corrected chi connectivity index (χ4v) is 3.24. The lowest BCUT2D eigenvalue weighted by atomic mass is 9.88. The molecule has 0 amide bonds. The predicted octanol–water partition coefficient (Wildman–Crippen LogP) is 2.24. The number of rotatable bonds is 3. The maximum Gasteiger partial charge on any atom is 0.00218 e. The number of hydrogen-bond acceptors (Lipinski definition) is 2. The summed E-state index contributed by atoms with van der Waals surface area (Å²) in [6, 6.07) is 0. The van der Waals surface area contributed by atoms with E-state index in [0.29, 0.717) is 0 Å². The van der Waals surface area contributed by atoms with E-state index in [1.807, 2.05) is 0 Å². The largest absolute Gasteiger partial charge is 0.330 e. The summed E-state index contributed by atoms with van der Waals surface area (Å²) in [5, 5.41) is 0. The minimum Gasteiger partial charge on any atom is -0.330 e. The van der Waals surface area contributed by atoms with Gasteiger partial charge in [0.25, 0.3) is 0 Å². The van der Waals surface area contributed by atoms with Gasteiger partial charge >= 0.3 is 0 Å². The molecule has 2 heteroatoms. The first-order valence-electron chi connectivity index (χ1n) is 6.81. The van der Waals surface area contributed by atoms with Gasteiger partial charge < -0.3 is 10.6 Å². The summed E-state index contributed by atoms with van der Waals surface area (Å²) in [5.74, 6) is 1.78. The van der Waals surface area contributed by atoms with Gasteiger partial charge in [-0.3, -0.25) is 0 Å². The molecule has 0 aromatic rings. The average molecular weight is 210 g/mol. The first kappa shape index (κ1) is 11.4. The van der Waals surface area contributed by atoms with Crippen LogP contribution in [0.25, 0.3) is 0 Å². The Labute approximate surface area is 94.2 Å². The minimum absolute atomic E-state index is 0.780. The molecular weight excluding hydrogens is 184 g/mol. The Balaban J connectivity index is 1.72. The molecule has 1 saturated carbocycles. The zero-order chi connectivity index (χ0) is 10.5. The third kappa shape index (κ3) is 3.46.